The maximum Gasteiger partial charge on any atom is 0.0637 e. The minimum atomic E-state index is 0.281. The van der Waals surface area contributed by atoms with Gasteiger partial charge in [0.25, 0.3) is 0 Å². The average molecular weight is 265 g/mol. The van der Waals surface area contributed by atoms with Gasteiger partial charge < -0.3 is 0 Å². The van der Waals surface area contributed by atoms with E-state index in [0.717, 1.165) is 31.6 Å². The van der Waals surface area contributed by atoms with E-state index in [0.29, 0.717) is 10.0 Å². The van der Waals surface area contributed by atoms with Crippen molar-refractivity contribution in [3.8, 4) is 0 Å². The van der Waals surface area contributed by atoms with Gasteiger partial charge in [-0.15, -0.1) is 11.6 Å². The highest BCUT2D eigenvalue weighted by atomic mass is 35.5. The van der Waals surface area contributed by atoms with E-state index in [4.69, 9.17) is 34.8 Å². The Bertz CT molecular complexity index is 354. The van der Waals surface area contributed by atoms with E-state index in [2.05, 4.69) is 4.90 Å². The van der Waals surface area contributed by atoms with Gasteiger partial charge in [0.05, 0.1) is 10.0 Å². The standard InChI is InChI=1S/C11H12Cl3N/c12-9-4-5-15(7-9)6-8-2-1-3-10(13)11(8)14/h1-3,9H,4-7H2. The minimum absolute atomic E-state index is 0.281. The number of hydrogen-bond acceptors (Lipinski definition) is 1. The van der Waals surface area contributed by atoms with Crippen LogP contribution in [-0.4, -0.2) is 23.4 Å². The molecule has 1 fully saturated rings. The van der Waals surface area contributed by atoms with Gasteiger partial charge in [-0.3, -0.25) is 4.90 Å². The highest BCUT2D eigenvalue weighted by Crippen LogP contribution is 2.27. The topological polar surface area (TPSA) is 3.24 Å². The number of benzene rings is 1. The highest BCUT2D eigenvalue weighted by Gasteiger charge is 2.21. The van der Waals surface area contributed by atoms with Crippen molar-refractivity contribution in [2.45, 2.75) is 18.3 Å². The third-order valence-electron chi connectivity index (χ3n) is 2.64. The summed E-state index contributed by atoms with van der Waals surface area (Å²) in [5, 5.41) is 1.57. The van der Waals surface area contributed by atoms with Crippen molar-refractivity contribution in [1.82, 2.24) is 4.90 Å². The third-order valence-corrected chi connectivity index (χ3v) is 3.85. The maximum absolute atomic E-state index is 6.12. The van der Waals surface area contributed by atoms with Crippen LogP contribution in [0.15, 0.2) is 18.2 Å². The van der Waals surface area contributed by atoms with Crippen LogP contribution >= 0.6 is 34.8 Å². The van der Waals surface area contributed by atoms with E-state index in [9.17, 15) is 0 Å². The lowest BCUT2D eigenvalue weighted by Crippen LogP contribution is -2.20. The quantitative estimate of drug-likeness (QED) is 0.734. The normalized spacial score (nSPS) is 22.2. The Balaban J connectivity index is 2.07. The van der Waals surface area contributed by atoms with Crippen molar-refractivity contribution < 1.29 is 0 Å². The summed E-state index contributed by atoms with van der Waals surface area (Å²) in [6, 6.07) is 5.75. The molecule has 1 atom stereocenters. The van der Waals surface area contributed by atoms with Crippen LogP contribution in [0.25, 0.3) is 0 Å². The first-order chi connectivity index (χ1) is 7.16. The summed E-state index contributed by atoms with van der Waals surface area (Å²) in [7, 11) is 0. The van der Waals surface area contributed by atoms with Crippen molar-refractivity contribution in [2.75, 3.05) is 13.1 Å². The Hall–Kier alpha value is 0.0500. The molecule has 1 nitrogen and oxygen atoms in total. The second kappa shape index (κ2) is 4.92. The minimum Gasteiger partial charge on any atom is -0.298 e. The van der Waals surface area contributed by atoms with E-state index >= 15 is 0 Å². The summed E-state index contributed by atoms with van der Waals surface area (Å²) in [5.74, 6) is 0. The molecule has 0 bridgehead atoms. The molecule has 0 amide bonds. The summed E-state index contributed by atoms with van der Waals surface area (Å²) in [6.07, 6.45) is 1.06. The largest absolute Gasteiger partial charge is 0.298 e. The first-order valence-corrected chi connectivity index (χ1v) is 6.15. The summed E-state index contributed by atoms with van der Waals surface area (Å²) in [6.45, 7) is 2.81. The molecule has 0 spiro atoms. The molecule has 1 aromatic rings. The number of rotatable bonds is 2. The van der Waals surface area contributed by atoms with Crippen LogP contribution in [0.3, 0.4) is 0 Å². The predicted octanol–water partition coefficient (Wildman–Crippen LogP) is 3.81. The second-order valence-corrected chi connectivity index (χ2v) is 5.24. The molecule has 1 aliphatic rings. The van der Waals surface area contributed by atoms with Crippen molar-refractivity contribution in [3.05, 3.63) is 33.8 Å². The molecule has 0 aromatic heterocycles. The van der Waals surface area contributed by atoms with E-state index in [1.165, 1.54) is 0 Å². The smallest absolute Gasteiger partial charge is 0.0637 e. The van der Waals surface area contributed by atoms with Gasteiger partial charge in [0.2, 0.25) is 0 Å². The number of alkyl halides is 1. The van der Waals surface area contributed by atoms with Crippen LogP contribution in [0.5, 0.6) is 0 Å². The fourth-order valence-corrected chi connectivity index (χ4v) is 2.51. The molecule has 4 heteroatoms. The molecular weight excluding hydrogens is 252 g/mol. The molecular formula is C11H12Cl3N. The predicted molar refractivity (Wildman–Crippen MR) is 66.0 cm³/mol. The molecule has 2 rings (SSSR count). The molecule has 0 radical (unpaired) electrons. The number of hydrogen-bond donors (Lipinski definition) is 0. The van der Waals surface area contributed by atoms with Crippen LogP contribution in [0.2, 0.25) is 10.0 Å². The molecule has 1 heterocycles. The Morgan fingerprint density at radius 3 is 2.80 bits per heavy atom. The molecule has 1 aromatic carbocycles. The summed E-state index contributed by atoms with van der Waals surface area (Å²) < 4.78 is 0. The van der Waals surface area contributed by atoms with Crippen LogP contribution in [0, 0.1) is 0 Å². The zero-order valence-electron chi connectivity index (χ0n) is 8.22. The molecule has 0 saturated carbocycles. The van der Waals surface area contributed by atoms with E-state index in [-0.39, 0.29) is 5.38 Å². The highest BCUT2D eigenvalue weighted by molar-refractivity contribution is 6.42. The SMILES string of the molecule is Clc1cccc(CN2CCC(Cl)C2)c1Cl. The van der Waals surface area contributed by atoms with Crippen molar-refractivity contribution in [1.29, 1.82) is 0 Å². The van der Waals surface area contributed by atoms with Gasteiger partial charge in [0, 0.05) is 18.5 Å². The molecule has 0 aliphatic carbocycles. The monoisotopic (exact) mass is 263 g/mol. The van der Waals surface area contributed by atoms with Gasteiger partial charge in [-0.2, -0.15) is 0 Å². The number of likely N-dealkylation sites (tertiary alicyclic amines) is 1. The third kappa shape index (κ3) is 2.79. The van der Waals surface area contributed by atoms with Gasteiger partial charge in [0.1, 0.15) is 0 Å². The van der Waals surface area contributed by atoms with Crippen molar-refractivity contribution >= 4 is 34.8 Å². The van der Waals surface area contributed by atoms with Gasteiger partial charge in [0.15, 0.2) is 0 Å². The van der Waals surface area contributed by atoms with Crippen LogP contribution in [-0.2, 0) is 6.54 Å². The van der Waals surface area contributed by atoms with Crippen molar-refractivity contribution in [3.63, 3.8) is 0 Å². The Morgan fingerprint density at radius 1 is 1.33 bits per heavy atom. The average Bonchev–Trinajstić information content (AvgIpc) is 2.59. The zero-order valence-corrected chi connectivity index (χ0v) is 10.5. The number of nitrogens with zero attached hydrogens (tertiary/aromatic N) is 1. The number of halogens is 3. The summed E-state index contributed by atoms with van der Waals surface area (Å²) in [5.41, 5.74) is 1.08. The van der Waals surface area contributed by atoms with Crippen molar-refractivity contribution in [2.24, 2.45) is 0 Å². The molecule has 0 N–H and O–H groups in total. The van der Waals surface area contributed by atoms with E-state index < -0.39 is 0 Å². The molecule has 82 valence electrons. The first kappa shape index (κ1) is 11.5. The first-order valence-electron chi connectivity index (χ1n) is 4.96. The lowest BCUT2D eigenvalue weighted by molar-refractivity contribution is 0.332. The van der Waals surface area contributed by atoms with Gasteiger partial charge >= 0.3 is 0 Å². The molecule has 15 heavy (non-hydrogen) atoms. The maximum atomic E-state index is 6.12. The second-order valence-electron chi connectivity index (χ2n) is 3.83. The van der Waals surface area contributed by atoms with Crippen LogP contribution in [0.1, 0.15) is 12.0 Å². The fourth-order valence-electron chi connectivity index (χ4n) is 1.84. The van der Waals surface area contributed by atoms with Crippen LogP contribution < -0.4 is 0 Å². The lowest BCUT2D eigenvalue weighted by atomic mass is 10.2. The molecule has 1 unspecified atom stereocenters. The molecule has 1 aliphatic heterocycles. The Labute approximate surface area is 105 Å². The fraction of sp³-hybridized carbons (Fsp3) is 0.455. The van der Waals surface area contributed by atoms with Gasteiger partial charge in [-0.1, -0.05) is 35.3 Å². The van der Waals surface area contributed by atoms with E-state index in [1.54, 1.807) is 0 Å². The summed E-state index contributed by atoms with van der Waals surface area (Å²) >= 11 is 18.1. The lowest BCUT2D eigenvalue weighted by Gasteiger charge is -2.16. The van der Waals surface area contributed by atoms with E-state index in [1.807, 2.05) is 18.2 Å². The Morgan fingerprint density at radius 2 is 2.13 bits per heavy atom. The zero-order chi connectivity index (χ0) is 10.8. The van der Waals surface area contributed by atoms with Crippen LogP contribution in [0.4, 0.5) is 0 Å². The van der Waals surface area contributed by atoms with Gasteiger partial charge in [-0.05, 0) is 24.6 Å². The molecule has 1 saturated heterocycles. The van der Waals surface area contributed by atoms with Gasteiger partial charge in [-0.25, -0.2) is 0 Å². The summed E-state index contributed by atoms with van der Waals surface area (Å²) in [4.78, 5) is 2.30. The Kier molecular flexibility index (Phi) is 3.78.